The number of halogens is 1. The lowest BCUT2D eigenvalue weighted by Gasteiger charge is -2.14. The van der Waals surface area contributed by atoms with E-state index in [9.17, 15) is 22.8 Å². The molecule has 7 nitrogen and oxygen atoms in total. The van der Waals surface area contributed by atoms with Gasteiger partial charge in [-0.05, 0) is 35.5 Å². The molecule has 1 fully saturated rings. The van der Waals surface area contributed by atoms with Crippen LogP contribution in [0.1, 0.15) is 5.56 Å². The fourth-order valence-corrected chi connectivity index (χ4v) is 4.69. The third-order valence-electron chi connectivity index (χ3n) is 3.64. The maximum Gasteiger partial charge on any atom is 0.294 e. The fourth-order valence-electron chi connectivity index (χ4n) is 2.43. The quantitative estimate of drug-likeness (QED) is 0.757. The summed E-state index contributed by atoms with van der Waals surface area (Å²) in [6, 6.07) is 6.20. The number of rotatable bonds is 4. The Balaban J connectivity index is 1.67. The summed E-state index contributed by atoms with van der Waals surface area (Å²) < 4.78 is 22.7. The lowest BCUT2D eigenvalue weighted by atomic mass is 10.2. The Labute approximate surface area is 159 Å². The minimum absolute atomic E-state index is 0.166. The first-order valence-corrected chi connectivity index (χ1v) is 10.4. The van der Waals surface area contributed by atoms with Crippen molar-refractivity contribution in [3.8, 4) is 0 Å². The molecule has 0 bridgehead atoms. The minimum atomic E-state index is -3.31. The van der Waals surface area contributed by atoms with Crippen LogP contribution in [0.15, 0.2) is 40.7 Å². The van der Waals surface area contributed by atoms with Crippen LogP contribution in [0.3, 0.4) is 0 Å². The molecule has 1 aromatic carbocycles. The van der Waals surface area contributed by atoms with E-state index in [4.69, 9.17) is 11.6 Å². The van der Waals surface area contributed by atoms with Crippen molar-refractivity contribution in [3.63, 3.8) is 0 Å². The van der Waals surface area contributed by atoms with Crippen LogP contribution in [0.4, 0.5) is 4.79 Å². The Bertz CT molecular complexity index is 955. The molecule has 1 saturated heterocycles. The molecule has 2 aliphatic rings. The van der Waals surface area contributed by atoms with E-state index in [2.05, 4.69) is 5.32 Å². The zero-order valence-corrected chi connectivity index (χ0v) is 15.6. The monoisotopic (exact) mass is 412 g/mol. The topological polar surface area (TPSA) is 101 Å². The molecular weight excluding hydrogens is 400 g/mol. The van der Waals surface area contributed by atoms with Crippen LogP contribution in [0, 0.1) is 0 Å². The molecule has 0 unspecified atom stereocenters. The minimum Gasteiger partial charge on any atom is -0.347 e. The molecule has 0 aliphatic carbocycles. The number of hydrogen-bond donors (Lipinski definition) is 1. The molecule has 1 atom stereocenters. The van der Waals surface area contributed by atoms with E-state index in [1.54, 1.807) is 24.3 Å². The van der Waals surface area contributed by atoms with E-state index in [1.165, 1.54) is 12.2 Å². The van der Waals surface area contributed by atoms with Crippen LogP contribution in [-0.2, 0) is 19.4 Å². The number of amides is 3. The standard InChI is InChI=1S/C16H13ClN2O5S2/c17-12-4-2-1-3-10(12)7-13-15(21)19(16(22)25-13)8-14(20)18-11-5-6-26(23,24)9-11/h1-7,11H,8-9H2,(H,18,20)/b13-7-/t11-/m1/s1. The van der Waals surface area contributed by atoms with Crippen molar-refractivity contribution in [1.82, 2.24) is 10.2 Å². The molecule has 0 aromatic heterocycles. The Hall–Kier alpha value is -2.10. The Kier molecular flexibility index (Phi) is 5.22. The lowest BCUT2D eigenvalue weighted by Crippen LogP contribution is -2.43. The normalized spacial score (nSPS) is 23.0. The molecule has 0 radical (unpaired) electrons. The first kappa shape index (κ1) is 18.7. The predicted octanol–water partition coefficient (Wildman–Crippen LogP) is 1.80. The smallest absolute Gasteiger partial charge is 0.294 e. The van der Waals surface area contributed by atoms with E-state index >= 15 is 0 Å². The fraction of sp³-hybridized carbons (Fsp3) is 0.188. The van der Waals surface area contributed by atoms with Crippen molar-refractivity contribution < 1.29 is 22.8 Å². The molecule has 3 rings (SSSR count). The number of carbonyl (C=O) groups is 3. The van der Waals surface area contributed by atoms with Crippen LogP contribution in [0.25, 0.3) is 6.08 Å². The highest BCUT2D eigenvalue weighted by Crippen LogP contribution is 2.33. The van der Waals surface area contributed by atoms with E-state index < -0.39 is 39.5 Å². The Morgan fingerprint density at radius 1 is 1.35 bits per heavy atom. The van der Waals surface area contributed by atoms with Crippen molar-refractivity contribution in [2.45, 2.75) is 6.04 Å². The largest absolute Gasteiger partial charge is 0.347 e. The molecular formula is C16H13ClN2O5S2. The predicted molar refractivity (Wildman–Crippen MR) is 99.0 cm³/mol. The van der Waals surface area contributed by atoms with Gasteiger partial charge in [-0.3, -0.25) is 19.3 Å². The molecule has 10 heteroatoms. The first-order valence-electron chi connectivity index (χ1n) is 7.45. The van der Waals surface area contributed by atoms with E-state index in [-0.39, 0.29) is 10.7 Å². The number of thioether (sulfide) groups is 1. The van der Waals surface area contributed by atoms with Gasteiger partial charge in [0, 0.05) is 10.4 Å². The summed E-state index contributed by atoms with van der Waals surface area (Å²) in [5.74, 6) is -1.43. The van der Waals surface area contributed by atoms with E-state index in [0.29, 0.717) is 10.6 Å². The number of hydrogen-bond acceptors (Lipinski definition) is 6. The molecule has 2 aliphatic heterocycles. The summed E-state index contributed by atoms with van der Waals surface area (Å²) in [5.41, 5.74) is 0.588. The molecule has 3 amide bonds. The van der Waals surface area contributed by atoms with Gasteiger partial charge in [-0.25, -0.2) is 8.42 Å². The summed E-state index contributed by atoms with van der Waals surface area (Å²) in [4.78, 5) is 37.5. The molecule has 1 aromatic rings. The van der Waals surface area contributed by atoms with Crippen molar-refractivity contribution in [2.75, 3.05) is 12.3 Å². The van der Waals surface area contributed by atoms with Crippen molar-refractivity contribution >= 4 is 56.3 Å². The van der Waals surface area contributed by atoms with Gasteiger partial charge in [0.25, 0.3) is 11.1 Å². The SMILES string of the molecule is O=C(CN1C(=O)S/C(=C\c2ccccc2Cl)C1=O)N[C@@H]1C=CS(=O)(=O)C1. The zero-order chi connectivity index (χ0) is 18.9. The highest BCUT2D eigenvalue weighted by atomic mass is 35.5. The third kappa shape index (κ3) is 4.17. The summed E-state index contributed by atoms with van der Waals surface area (Å²) in [5, 5.41) is 3.37. The van der Waals surface area contributed by atoms with Crippen LogP contribution >= 0.6 is 23.4 Å². The lowest BCUT2D eigenvalue weighted by molar-refractivity contribution is -0.129. The van der Waals surface area contributed by atoms with Gasteiger partial charge in [0.15, 0.2) is 9.84 Å². The molecule has 26 heavy (non-hydrogen) atoms. The summed E-state index contributed by atoms with van der Waals surface area (Å²) >= 11 is 6.76. The molecule has 1 N–H and O–H groups in total. The van der Waals surface area contributed by atoms with Crippen molar-refractivity contribution in [1.29, 1.82) is 0 Å². The zero-order valence-electron chi connectivity index (χ0n) is 13.2. The van der Waals surface area contributed by atoms with Gasteiger partial charge in [0.1, 0.15) is 6.54 Å². The highest BCUT2D eigenvalue weighted by Gasteiger charge is 2.37. The van der Waals surface area contributed by atoms with Gasteiger partial charge in [-0.15, -0.1) is 0 Å². The maximum absolute atomic E-state index is 12.4. The molecule has 136 valence electrons. The molecule has 2 heterocycles. The van der Waals surface area contributed by atoms with Crippen molar-refractivity contribution in [2.24, 2.45) is 0 Å². The van der Waals surface area contributed by atoms with Gasteiger partial charge in [-0.1, -0.05) is 29.8 Å². The van der Waals surface area contributed by atoms with Gasteiger partial charge in [-0.2, -0.15) is 0 Å². The van der Waals surface area contributed by atoms with Crippen LogP contribution < -0.4 is 5.32 Å². The summed E-state index contributed by atoms with van der Waals surface area (Å²) in [6.45, 7) is -0.477. The average Bonchev–Trinajstić information content (AvgIpc) is 3.03. The maximum atomic E-state index is 12.4. The van der Waals surface area contributed by atoms with Crippen LogP contribution in [0.2, 0.25) is 5.02 Å². The second kappa shape index (κ2) is 7.26. The summed E-state index contributed by atoms with van der Waals surface area (Å²) in [6.07, 6.45) is 2.86. The number of carbonyl (C=O) groups excluding carboxylic acids is 3. The Morgan fingerprint density at radius 3 is 2.73 bits per heavy atom. The number of imide groups is 1. The second-order valence-corrected chi connectivity index (χ2v) is 8.95. The van der Waals surface area contributed by atoms with Gasteiger partial charge in [0.05, 0.1) is 16.7 Å². The average molecular weight is 413 g/mol. The van der Waals surface area contributed by atoms with E-state index in [0.717, 1.165) is 22.1 Å². The van der Waals surface area contributed by atoms with Crippen LogP contribution in [0.5, 0.6) is 0 Å². The molecule has 0 spiro atoms. The number of sulfone groups is 1. The number of nitrogens with one attached hydrogen (secondary N) is 1. The number of benzene rings is 1. The third-order valence-corrected chi connectivity index (χ3v) is 6.29. The van der Waals surface area contributed by atoms with Crippen LogP contribution in [-0.4, -0.2) is 48.7 Å². The highest BCUT2D eigenvalue weighted by molar-refractivity contribution is 8.18. The number of nitrogens with zero attached hydrogens (tertiary/aromatic N) is 1. The first-order chi connectivity index (χ1) is 12.2. The van der Waals surface area contributed by atoms with Gasteiger partial charge in [0.2, 0.25) is 5.91 Å². The molecule has 0 saturated carbocycles. The van der Waals surface area contributed by atoms with Gasteiger partial charge < -0.3 is 5.32 Å². The Morgan fingerprint density at radius 2 is 2.08 bits per heavy atom. The summed E-state index contributed by atoms with van der Waals surface area (Å²) in [7, 11) is -3.31. The van der Waals surface area contributed by atoms with Crippen molar-refractivity contribution in [3.05, 3.63) is 51.2 Å². The van der Waals surface area contributed by atoms with Gasteiger partial charge >= 0.3 is 0 Å². The van der Waals surface area contributed by atoms with E-state index in [1.807, 2.05) is 0 Å². The second-order valence-electron chi connectivity index (χ2n) is 5.62.